The quantitative estimate of drug-likeness (QED) is 0.521. The number of hydrogen-bond acceptors (Lipinski definition) is 7. The van der Waals surface area contributed by atoms with Gasteiger partial charge in [-0.15, -0.1) is 0 Å². The largest absolute Gasteiger partial charge is 0.339 e. The Morgan fingerprint density at radius 1 is 1.24 bits per heavy atom. The fourth-order valence-electron chi connectivity index (χ4n) is 3.60. The van der Waals surface area contributed by atoms with Crippen LogP contribution in [0.4, 0.5) is 10.1 Å². The number of halogens is 1. The molecule has 2 aromatic carbocycles. The SMILES string of the molecule is NC1(c2ccc3c(c2)S(=O)(=O)CC3)N=CC(F)=C(Nc2cccc3[nH]ncc23)N1. The van der Waals surface area contributed by atoms with Crippen molar-refractivity contribution in [1.82, 2.24) is 15.5 Å². The van der Waals surface area contributed by atoms with Gasteiger partial charge in [-0.05, 0) is 30.2 Å². The maximum Gasteiger partial charge on any atom is 0.210 e. The van der Waals surface area contributed by atoms with Gasteiger partial charge in [0.25, 0.3) is 0 Å². The van der Waals surface area contributed by atoms with Crippen LogP contribution < -0.4 is 16.4 Å². The number of aromatic amines is 1. The van der Waals surface area contributed by atoms with Crippen LogP contribution in [0.25, 0.3) is 10.9 Å². The standard InChI is InChI=1S/C19H17FN6O2S/c20-14-10-22-19(21,12-5-4-11-6-7-29(27,28)17(11)8-12)25-18(14)24-15-2-1-3-16-13(15)9-23-26-16/h1-5,8-10,24-25H,6-7,21H2,(H,23,26). The van der Waals surface area contributed by atoms with Crippen molar-refractivity contribution in [3.63, 3.8) is 0 Å². The smallest absolute Gasteiger partial charge is 0.210 e. The number of nitrogens with one attached hydrogen (secondary N) is 3. The lowest BCUT2D eigenvalue weighted by molar-refractivity contribution is 0.386. The highest BCUT2D eigenvalue weighted by atomic mass is 32.2. The van der Waals surface area contributed by atoms with Crippen LogP contribution >= 0.6 is 0 Å². The topological polar surface area (TPSA) is 125 Å². The van der Waals surface area contributed by atoms with Crippen LogP contribution in [0, 0.1) is 0 Å². The van der Waals surface area contributed by atoms with Crippen LogP contribution in [0.15, 0.2) is 64.1 Å². The van der Waals surface area contributed by atoms with Gasteiger partial charge in [0.15, 0.2) is 15.7 Å². The minimum atomic E-state index is -3.33. The van der Waals surface area contributed by atoms with E-state index in [2.05, 4.69) is 25.8 Å². The third-order valence-corrected chi connectivity index (χ3v) is 6.95. The highest BCUT2D eigenvalue weighted by Gasteiger charge is 2.34. The molecule has 3 heterocycles. The number of aliphatic imine (C=N–C) groups is 1. The molecule has 10 heteroatoms. The fraction of sp³-hybridized carbons (Fsp3) is 0.158. The normalized spacial score (nSPS) is 22.6. The predicted molar refractivity (Wildman–Crippen MR) is 108 cm³/mol. The zero-order valence-corrected chi connectivity index (χ0v) is 15.9. The number of sulfone groups is 1. The van der Waals surface area contributed by atoms with E-state index in [0.717, 1.165) is 22.7 Å². The number of nitrogens with zero attached hydrogens (tertiary/aromatic N) is 2. The van der Waals surface area contributed by atoms with Crippen molar-refractivity contribution in [2.24, 2.45) is 10.7 Å². The average molecular weight is 412 g/mol. The Kier molecular flexibility index (Phi) is 3.77. The molecule has 0 saturated carbocycles. The van der Waals surface area contributed by atoms with Crippen molar-refractivity contribution in [2.75, 3.05) is 11.1 Å². The van der Waals surface area contributed by atoms with Gasteiger partial charge in [-0.3, -0.25) is 10.8 Å². The number of benzene rings is 2. The molecule has 0 bridgehead atoms. The van der Waals surface area contributed by atoms with Gasteiger partial charge >= 0.3 is 0 Å². The number of aryl methyl sites for hydroxylation is 1. The first-order valence-electron chi connectivity index (χ1n) is 8.93. The monoisotopic (exact) mass is 412 g/mol. The molecular weight excluding hydrogens is 395 g/mol. The van der Waals surface area contributed by atoms with E-state index in [1.807, 2.05) is 6.07 Å². The predicted octanol–water partition coefficient (Wildman–Crippen LogP) is 1.89. The van der Waals surface area contributed by atoms with Crippen LogP contribution in [-0.4, -0.2) is 30.6 Å². The van der Waals surface area contributed by atoms with Crippen molar-refractivity contribution >= 4 is 32.6 Å². The van der Waals surface area contributed by atoms with E-state index in [1.165, 1.54) is 6.07 Å². The number of nitrogens with two attached hydrogens (primary N) is 1. The van der Waals surface area contributed by atoms with Crippen LogP contribution in [0.1, 0.15) is 11.1 Å². The first-order chi connectivity index (χ1) is 13.9. The minimum Gasteiger partial charge on any atom is -0.339 e. The lowest BCUT2D eigenvalue weighted by Crippen LogP contribution is -2.51. The third kappa shape index (κ3) is 2.88. The van der Waals surface area contributed by atoms with Gasteiger partial charge in [0.2, 0.25) is 5.79 Å². The summed E-state index contributed by atoms with van der Waals surface area (Å²) in [6.45, 7) is 0. The molecule has 5 rings (SSSR count). The second-order valence-corrected chi connectivity index (χ2v) is 9.10. The summed E-state index contributed by atoms with van der Waals surface area (Å²) in [5.74, 6) is -2.04. The molecular formula is C19H17FN6O2S. The summed E-state index contributed by atoms with van der Waals surface area (Å²) >= 11 is 0. The second kappa shape index (κ2) is 6.13. The van der Waals surface area contributed by atoms with E-state index < -0.39 is 21.5 Å². The summed E-state index contributed by atoms with van der Waals surface area (Å²) in [4.78, 5) is 4.34. The summed E-state index contributed by atoms with van der Waals surface area (Å²) in [6, 6.07) is 10.4. The highest BCUT2D eigenvalue weighted by Crippen LogP contribution is 2.32. The molecule has 148 valence electrons. The Balaban J connectivity index is 1.50. The zero-order valence-electron chi connectivity index (χ0n) is 15.1. The van der Waals surface area contributed by atoms with Gasteiger partial charge in [-0.2, -0.15) is 5.10 Å². The van der Waals surface area contributed by atoms with Gasteiger partial charge in [0.1, 0.15) is 5.82 Å². The Hall–Kier alpha value is -3.24. The van der Waals surface area contributed by atoms with Crippen molar-refractivity contribution in [3.05, 3.63) is 65.4 Å². The van der Waals surface area contributed by atoms with Gasteiger partial charge in [-0.1, -0.05) is 18.2 Å². The van der Waals surface area contributed by atoms with Gasteiger partial charge in [0.05, 0.1) is 34.3 Å². The molecule has 2 aliphatic heterocycles. The third-order valence-electron chi connectivity index (χ3n) is 5.16. The van der Waals surface area contributed by atoms with E-state index in [-0.39, 0.29) is 16.5 Å². The van der Waals surface area contributed by atoms with E-state index >= 15 is 0 Å². The van der Waals surface area contributed by atoms with Gasteiger partial charge in [-0.25, -0.2) is 17.8 Å². The van der Waals surface area contributed by atoms with Crippen LogP contribution in [0.2, 0.25) is 0 Å². The van der Waals surface area contributed by atoms with E-state index in [4.69, 9.17) is 5.73 Å². The summed E-state index contributed by atoms with van der Waals surface area (Å²) < 4.78 is 39.0. The molecule has 1 atom stereocenters. The summed E-state index contributed by atoms with van der Waals surface area (Å²) in [5.41, 5.74) is 9.00. The first kappa shape index (κ1) is 17.8. The number of H-pyrrole nitrogens is 1. The highest BCUT2D eigenvalue weighted by molar-refractivity contribution is 7.91. The van der Waals surface area contributed by atoms with Crippen LogP contribution in [0.3, 0.4) is 0 Å². The summed E-state index contributed by atoms with van der Waals surface area (Å²) in [5, 5.41) is 13.5. The molecule has 29 heavy (non-hydrogen) atoms. The van der Waals surface area contributed by atoms with Crippen molar-refractivity contribution < 1.29 is 12.8 Å². The molecule has 0 spiro atoms. The first-order valence-corrected chi connectivity index (χ1v) is 10.6. The Morgan fingerprint density at radius 3 is 2.97 bits per heavy atom. The molecule has 5 N–H and O–H groups in total. The molecule has 0 amide bonds. The van der Waals surface area contributed by atoms with Crippen LogP contribution in [0.5, 0.6) is 0 Å². The number of anilines is 1. The van der Waals surface area contributed by atoms with E-state index in [0.29, 0.717) is 17.7 Å². The van der Waals surface area contributed by atoms with Gasteiger partial charge in [0, 0.05) is 10.9 Å². The number of fused-ring (bicyclic) bond motifs is 2. The number of rotatable bonds is 3. The maximum absolute atomic E-state index is 14.5. The van der Waals surface area contributed by atoms with Gasteiger partial charge < -0.3 is 10.6 Å². The van der Waals surface area contributed by atoms with Crippen molar-refractivity contribution in [2.45, 2.75) is 17.1 Å². The Morgan fingerprint density at radius 2 is 2.10 bits per heavy atom. The lowest BCUT2D eigenvalue weighted by atomic mass is 10.0. The van der Waals surface area contributed by atoms with E-state index in [1.54, 1.807) is 30.5 Å². The summed E-state index contributed by atoms with van der Waals surface area (Å²) in [6.07, 6.45) is 3.13. The lowest BCUT2D eigenvalue weighted by Gasteiger charge is -2.32. The molecule has 0 aliphatic carbocycles. The Labute approximate surface area is 165 Å². The van der Waals surface area contributed by atoms with E-state index in [9.17, 15) is 12.8 Å². The molecule has 3 aromatic rings. The van der Waals surface area contributed by atoms with Crippen LogP contribution in [-0.2, 0) is 22.0 Å². The molecule has 0 radical (unpaired) electrons. The molecule has 8 nitrogen and oxygen atoms in total. The number of hydrogen-bond donors (Lipinski definition) is 4. The molecule has 0 saturated heterocycles. The molecule has 0 fully saturated rings. The van der Waals surface area contributed by atoms with Crippen molar-refractivity contribution in [1.29, 1.82) is 0 Å². The Bertz CT molecular complexity index is 1310. The maximum atomic E-state index is 14.5. The number of aromatic nitrogens is 2. The molecule has 2 aliphatic rings. The fourth-order valence-corrected chi connectivity index (χ4v) is 5.18. The van der Waals surface area contributed by atoms with Crippen molar-refractivity contribution in [3.8, 4) is 0 Å². The average Bonchev–Trinajstić information content (AvgIpc) is 3.30. The molecule has 1 aromatic heterocycles. The summed E-state index contributed by atoms with van der Waals surface area (Å²) in [7, 11) is -3.33. The second-order valence-electron chi connectivity index (χ2n) is 7.03. The molecule has 1 unspecified atom stereocenters. The minimum absolute atomic E-state index is 0.0274. The zero-order chi connectivity index (χ0) is 20.2. The number of allylic oxidation sites excluding steroid dienone is 1.